The average Bonchev–Trinajstić information content (AvgIpc) is 2.98. The van der Waals surface area contributed by atoms with E-state index in [9.17, 15) is 9.59 Å². The standard InChI is InChI=1S/C23H34O4/c1-14(24)27-16-9-11-22(2)15(13-16)5-6-17-18-7-8-20(21(25)26-4)23(18,3)12-10-19(17)22/h5,16-20H,6-13H2,1-4H3. The first kappa shape index (κ1) is 19.0. The van der Waals surface area contributed by atoms with Crippen LogP contribution in [0.2, 0.25) is 0 Å². The molecular formula is C23H34O4. The SMILES string of the molecule is COC(=O)C1CCC2C3CC=C4CC(OC(C)=O)CCC4(C)C3CCC12C. The van der Waals surface area contributed by atoms with E-state index in [1.165, 1.54) is 26.0 Å². The zero-order chi connectivity index (χ0) is 19.4. The van der Waals surface area contributed by atoms with Crippen LogP contribution < -0.4 is 0 Å². The first-order valence-electron chi connectivity index (χ1n) is 10.7. The summed E-state index contributed by atoms with van der Waals surface area (Å²) in [5, 5.41) is 0. The van der Waals surface area contributed by atoms with Crippen molar-refractivity contribution in [2.45, 2.75) is 78.2 Å². The van der Waals surface area contributed by atoms with Gasteiger partial charge in [-0.15, -0.1) is 0 Å². The van der Waals surface area contributed by atoms with E-state index < -0.39 is 0 Å². The fraction of sp³-hybridized carbons (Fsp3) is 0.826. The molecule has 0 bridgehead atoms. The summed E-state index contributed by atoms with van der Waals surface area (Å²) in [6, 6.07) is 0. The van der Waals surface area contributed by atoms with Gasteiger partial charge >= 0.3 is 11.9 Å². The molecule has 0 aromatic carbocycles. The molecule has 0 aromatic heterocycles. The maximum Gasteiger partial charge on any atom is 0.309 e. The molecule has 7 unspecified atom stereocenters. The topological polar surface area (TPSA) is 52.6 Å². The van der Waals surface area contributed by atoms with Crippen LogP contribution in [0.3, 0.4) is 0 Å². The molecule has 0 spiro atoms. The van der Waals surface area contributed by atoms with E-state index in [0.29, 0.717) is 17.8 Å². The molecule has 0 aliphatic heterocycles. The Hall–Kier alpha value is -1.32. The minimum Gasteiger partial charge on any atom is -0.469 e. The van der Waals surface area contributed by atoms with Crippen LogP contribution in [0.5, 0.6) is 0 Å². The molecule has 0 heterocycles. The van der Waals surface area contributed by atoms with Crippen molar-refractivity contribution in [2.24, 2.45) is 34.5 Å². The summed E-state index contributed by atoms with van der Waals surface area (Å²) in [6.45, 7) is 6.32. The van der Waals surface area contributed by atoms with Crippen molar-refractivity contribution in [1.82, 2.24) is 0 Å². The van der Waals surface area contributed by atoms with Crippen LogP contribution in [0.25, 0.3) is 0 Å². The molecular weight excluding hydrogens is 340 g/mol. The number of hydrogen-bond donors (Lipinski definition) is 0. The van der Waals surface area contributed by atoms with Gasteiger partial charge in [-0.25, -0.2) is 0 Å². The van der Waals surface area contributed by atoms with E-state index in [4.69, 9.17) is 9.47 Å². The van der Waals surface area contributed by atoms with E-state index >= 15 is 0 Å². The quantitative estimate of drug-likeness (QED) is 0.521. The third-order valence-electron chi connectivity index (χ3n) is 8.88. The lowest BCUT2D eigenvalue weighted by Crippen LogP contribution is -2.51. The zero-order valence-electron chi connectivity index (χ0n) is 17.3. The number of hydrogen-bond acceptors (Lipinski definition) is 4. The molecule has 4 aliphatic carbocycles. The summed E-state index contributed by atoms with van der Waals surface area (Å²) in [7, 11) is 1.53. The van der Waals surface area contributed by atoms with Gasteiger partial charge in [-0.3, -0.25) is 9.59 Å². The van der Waals surface area contributed by atoms with Crippen molar-refractivity contribution < 1.29 is 19.1 Å². The third-order valence-corrected chi connectivity index (χ3v) is 8.88. The smallest absolute Gasteiger partial charge is 0.309 e. The van der Waals surface area contributed by atoms with Gasteiger partial charge < -0.3 is 9.47 Å². The highest BCUT2D eigenvalue weighted by Gasteiger charge is 2.60. The normalized spacial score (nSPS) is 45.8. The molecule has 4 nitrogen and oxygen atoms in total. The fourth-order valence-corrected chi connectivity index (χ4v) is 7.49. The van der Waals surface area contributed by atoms with E-state index in [0.717, 1.165) is 44.9 Å². The summed E-state index contributed by atoms with van der Waals surface area (Å²) in [5.74, 6) is 1.92. The highest BCUT2D eigenvalue weighted by atomic mass is 16.5. The van der Waals surface area contributed by atoms with E-state index in [1.54, 1.807) is 0 Å². The second-order valence-electron chi connectivity index (χ2n) is 9.93. The number of ether oxygens (including phenoxy) is 2. The van der Waals surface area contributed by atoms with E-state index in [1.807, 2.05) is 0 Å². The fourth-order valence-electron chi connectivity index (χ4n) is 7.49. The zero-order valence-corrected chi connectivity index (χ0v) is 17.3. The molecule has 4 heteroatoms. The Balaban J connectivity index is 1.57. The Morgan fingerprint density at radius 3 is 2.56 bits per heavy atom. The molecule has 0 amide bonds. The van der Waals surface area contributed by atoms with Gasteiger partial charge in [0.2, 0.25) is 0 Å². The van der Waals surface area contributed by atoms with Gasteiger partial charge in [0.25, 0.3) is 0 Å². The lowest BCUT2D eigenvalue weighted by atomic mass is 9.47. The number of carbonyl (C=O) groups is 2. The van der Waals surface area contributed by atoms with E-state index in [-0.39, 0.29) is 34.8 Å². The predicted octanol–water partition coefficient (Wildman–Crippen LogP) is 4.67. The molecule has 0 N–H and O–H groups in total. The first-order valence-corrected chi connectivity index (χ1v) is 10.7. The van der Waals surface area contributed by atoms with Crippen molar-refractivity contribution in [3.8, 4) is 0 Å². The number of carbonyl (C=O) groups excluding carboxylic acids is 2. The van der Waals surface area contributed by atoms with Gasteiger partial charge in [-0.2, -0.15) is 0 Å². The molecule has 4 aliphatic rings. The van der Waals surface area contributed by atoms with Crippen molar-refractivity contribution in [3.05, 3.63) is 11.6 Å². The summed E-state index contributed by atoms with van der Waals surface area (Å²) in [6.07, 6.45) is 11.1. The summed E-state index contributed by atoms with van der Waals surface area (Å²) < 4.78 is 10.7. The molecule has 0 radical (unpaired) electrons. The Morgan fingerprint density at radius 1 is 1.07 bits per heavy atom. The monoisotopic (exact) mass is 374 g/mol. The van der Waals surface area contributed by atoms with Crippen molar-refractivity contribution >= 4 is 11.9 Å². The predicted molar refractivity (Wildman–Crippen MR) is 103 cm³/mol. The molecule has 3 fully saturated rings. The van der Waals surface area contributed by atoms with Crippen LogP contribution in [0.4, 0.5) is 0 Å². The molecule has 27 heavy (non-hydrogen) atoms. The Labute approximate surface area is 163 Å². The van der Waals surface area contributed by atoms with Crippen molar-refractivity contribution in [3.63, 3.8) is 0 Å². The van der Waals surface area contributed by atoms with E-state index in [2.05, 4.69) is 19.9 Å². The number of rotatable bonds is 2. The van der Waals surface area contributed by atoms with Crippen LogP contribution in [-0.2, 0) is 19.1 Å². The van der Waals surface area contributed by atoms with Crippen molar-refractivity contribution in [1.29, 1.82) is 0 Å². The highest BCUT2D eigenvalue weighted by Crippen LogP contribution is 2.66. The summed E-state index contributed by atoms with van der Waals surface area (Å²) in [5.41, 5.74) is 1.86. The Bertz CT molecular complexity index is 667. The summed E-state index contributed by atoms with van der Waals surface area (Å²) >= 11 is 0. The largest absolute Gasteiger partial charge is 0.469 e. The second-order valence-corrected chi connectivity index (χ2v) is 9.93. The Morgan fingerprint density at radius 2 is 1.85 bits per heavy atom. The molecule has 0 saturated heterocycles. The minimum atomic E-state index is -0.161. The number of methoxy groups -OCH3 is 1. The lowest BCUT2D eigenvalue weighted by molar-refractivity contribution is -0.154. The summed E-state index contributed by atoms with van der Waals surface area (Å²) in [4.78, 5) is 23.7. The third kappa shape index (κ3) is 2.86. The molecule has 150 valence electrons. The maximum atomic E-state index is 12.4. The van der Waals surface area contributed by atoms with Gasteiger partial charge in [0.05, 0.1) is 13.0 Å². The highest BCUT2D eigenvalue weighted by molar-refractivity contribution is 5.73. The first-order chi connectivity index (χ1) is 12.8. The number of fused-ring (bicyclic) bond motifs is 5. The van der Waals surface area contributed by atoms with Crippen molar-refractivity contribution in [2.75, 3.05) is 7.11 Å². The lowest BCUT2D eigenvalue weighted by Gasteiger charge is -2.57. The van der Waals surface area contributed by atoms with Crippen LogP contribution >= 0.6 is 0 Å². The Kier molecular flexibility index (Phi) is 4.67. The second kappa shape index (κ2) is 6.63. The van der Waals surface area contributed by atoms with Crippen LogP contribution in [0.1, 0.15) is 72.1 Å². The minimum absolute atomic E-state index is 0.00130. The van der Waals surface area contributed by atoms with Gasteiger partial charge in [0, 0.05) is 13.3 Å². The van der Waals surface area contributed by atoms with Crippen LogP contribution in [0, 0.1) is 34.5 Å². The molecule has 0 aromatic rings. The van der Waals surface area contributed by atoms with Crippen LogP contribution in [0.15, 0.2) is 11.6 Å². The average molecular weight is 375 g/mol. The van der Waals surface area contributed by atoms with Gasteiger partial charge in [0.1, 0.15) is 6.10 Å². The number of allylic oxidation sites excluding steroid dienone is 1. The van der Waals surface area contributed by atoms with Gasteiger partial charge in [-0.05, 0) is 73.5 Å². The number of esters is 2. The molecule has 7 atom stereocenters. The maximum absolute atomic E-state index is 12.4. The van der Waals surface area contributed by atoms with Gasteiger partial charge in [-0.1, -0.05) is 25.5 Å². The van der Waals surface area contributed by atoms with Gasteiger partial charge in [0.15, 0.2) is 0 Å². The van der Waals surface area contributed by atoms with Crippen LogP contribution in [-0.4, -0.2) is 25.2 Å². The molecule has 4 rings (SSSR count). The molecule has 3 saturated carbocycles.